The van der Waals surface area contributed by atoms with E-state index in [1.165, 1.54) is 0 Å². The quantitative estimate of drug-likeness (QED) is 0.498. The summed E-state index contributed by atoms with van der Waals surface area (Å²) in [5.74, 6) is 0.159. The van der Waals surface area contributed by atoms with Crippen LogP contribution in [0.4, 0.5) is 0 Å². The summed E-state index contributed by atoms with van der Waals surface area (Å²) >= 11 is 0. The van der Waals surface area contributed by atoms with E-state index in [0.29, 0.717) is 0 Å². The maximum Gasteiger partial charge on any atom is 2.00 e. The van der Waals surface area contributed by atoms with Crippen molar-refractivity contribution < 1.29 is 21.9 Å². The van der Waals surface area contributed by atoms with Crippen molar-refractivity contribution in [3.05, 3.63) is 48.1 Å². The van der Waals surface area contributed by atoms with Gasteiger partial charge in [0.1, 0.15) is 0 Å². The number of carbonyl (C=O) groups is 1. The van der Waals surface area contributed by atoms with Crippen molar-refractivity contribution in [2.45, 2.75) is 19.8 Å². The summed E-state index contributed by atoms with van der Waals surface area (Å²) in [6.07, 6.45) is 17.2. The second kappa shape index (κ2) is 7.54. The zero-order valence-electron chi connectivity index (χ0n) is 8.06. The van der Waals surface area contributed by atoms with Crippen LogP contribution in [0.2, 0.25) is 0 Å². The Bertz CT molecular complexity index is 285. The Balaban J connectivity index is 0.000000246. The van der Waals surface area contributed by atoms with Gasteiger partial charge in [-0.2, -0.15) is 17.7 Å². The number of carbonyl (C=O) groups excluding carboxylic acids is 1. The zero-order valence-corrected chi connectivity index (χ0v) is 9.17. The second-order valence-electron chi connectivity index (χ2n) is 2.81. The summed E-state index contributed by atoms with van der Waals surface area (Å²) in [4.78, 5) is 10.5. The number of allylic oxidation sites excluding steroid dienone is 8. The van der Waals surface area contributed by atoms with Gasteiger partial charge in [-0.1, -0.05) is 6.42 Å². The predicted molar refractivity (Wildman–Crippen MR) is 52.8 cm³/mol. The summed E-state index contributed by atoms with van der Waals surface area (Å²) in [5.41, 5.74) is 0.866. The monoisotopic (exact) mass is 228 g/mol. The molecular weight excluding hydrogens is 216 g/mol. The fourth-order valence-corrected chi connectivity index (χ4v) is 0.973. The smallest absolute Gasteiger partial charge is 0.316 e. The van der Waals surface area contributed by atoms with Crippen molar-refractivity contribution in [1.29, 1.82) is 0 Å². The molecule has 0 saturated carbocycles. The fourth-order valence-electron chi connectivity index (χ4n) is 0.973. The van der Waals surface area contributed by atoms with Crippen LogP contribution >= 0.6 is 0 Å². The molecule has 74 valence electrons. The predicted octanol–water partition coefficient (Wildman–Crippen LogP) is 2.57. The molecule has 0 fully saturated rings. The molecule has 0 bridgehead atoms. The molecular formula is C12H12FeO. The number of ketones is 1. The van der Waals surface area contributed by atoms with Crippen LogP contribution in [0.15, 0.2) is 36.0 Å². The summed E-state index contributed by atoms with van der Waals surface area (Å²) in [6, 6.07) is 0. The second-order valence-corrected chi connectivity index (χ2v) is 2.81. The molecule has 0 amide bonds. The van der Waals surface area contributed by atoms with Crippen LogP contribution in [-0.2, 0) is 21.9 Å². The minimum atomic E-state index is 0. The number of rotatable bonds is 1. The van der Waals surface area contributed by atoms with Crippen LogP contribution in [0.5, 0.6) is 0 Å². The van der Waals surface area contributed by atoms with Gasteiger partial charge in [-0.15, -0.1) is 6.42 Å². The minimum absolute atomic E-state index is 0. The first kappa shape index (κ1) is 13.1. The molecule has 2 heteroatoms. The molecule has 2 aliphatic carbocycles. The third-order valence-electron chi connectivity index (χ3n) is 1.74. The summed E-state index contributed by atoms with van der Waals surface area (Å²) < 4.78 is 0. The van der Waals surface area contributed by atoms with Crippen LogP contribution in [0.1, 0.15) is 19.8 Å². The molecule has 2 rings (SSSR count). The van der Waals surface area contributed by atoms with E-state index in [1.807, 2.05) is 18.2 Å². The van der Waals surface area contributed by atoms with Gasteiger partial charge in [0, 0.05) is 0 Å². The molecule has 0 saturated heterocycles. The van der Waals surface area contributed by atoms with Crippen LogP contribution in [0.25, 0.3) is 0 Å². The van der Waals surface area contributed by atoms with Gasteiger partial charge in [-0.3, -0.25) is 12.2 Å². The van der Waals surface area contributed by atoms with E-state index in [-0.39, 0.29) is 22.9 Å². The van der Waals surface area contributed by atoms with Crippen LogP contribution < -0.4 is 0 Å². The van der Waals surface area contributed by atoms with Crippen LogP contribution in [0, 0.1) is 12.2 Å². The molecule has 1 nitrogen and oxygen atoms in total. The molecule has 0 aromatic rings. The van der Waals surface area contributed by atoms with Gasteiger partial charge in [0.15, 0.2) is 0 Å². The molecule has 0 unspecified atom stereocenters. The summed E-state index contributed by atoms with van der Waals surface area (Å²) in [6.45, 7) is 1.58. The minimum Gasteiger partial charge on any atom is -0.316 e. The van der Waals surface area contributed by atoms with E-state index in [0.717, 1.165) is 18.4 Å². The Hall–Kier alpha value is -0.851. The summed E-state index contributed by atoms with van der Waals surface area (Å²) in [5, 5.41) is 0. The molecule has 14 heavy (non-hydrogen) atoms. The molecule has 0 heterocycles. The SMILES string of the molecule is CC(=O)C1=C[C-]=CC1.[C-]1=CCC=C1.[Fe+2]. The molecule has 0 aromatic heterocycles. The van der Waals surface area contributed by atoms with Crippen molar-refractivity contribution in [1.82, 2.24) is 0 Å². The van der Waals surface area contributed by atoms with E-state index < -0.39 is 0 Å². The van der Waals surface area contributed by atoms with Crippen molar-refractivity contribution in [3.8, 4) is 0 Å². The van der Waals surface area contributed by atoms with Crippen molar-refractivity contribution >= 4 is 5.78 Å². The van der Waals surface area contributed by atoms with Gasteiger partial charge in [0.25, 0.3) is 0 Å². The molecule has 0 aliphatic heterocycles. The first-order valence-corrected chi connectivity index (χ1v) is 4.31. The first-order chi connectivity index (χ1) is 6.30. The van der Waals surface area contributed by atoms with Gasteiger partial charge in [-0.05, 0) is 6.92 Å². The molecule has 0 atom stereocenters. The fraction of sp³-hybridized carbons (Fsp3) is 0.250. The van der Waals surface area contributed by atoms with Crippen LogP contribution in [0.3, 0.4) is 0 Å². The first-order valence-electron chi connectivity index (χ1n) is 4.31. The van der Waals surface area contributed by atoms with Crippen LogP contribution in [-0.4, -0.2) is 5.78 Å². The Morgan fingerprint density at radius 3 is 2.36 bits per heavy atom. The summed E-state index contributed by atoms with van der Waals surface area (Å²) in [7, 11) is 0. The molecule has 0 aromatic carbocycles. The third kappa shape index (κ3) is 5.00. The average molecular weight is 228 g/mol. The Morgan fingerprint density at radius 1 is 1.36 bits per heavy atom. The van der Waals surface area contributed by atoms with Gasteiger partial charge in [0.2, 0.25) is 0 Å². The third-order valence-corrected chi connectivity index (χ3v) is 1.74. The van der Waals surface area contributed by atoms with Gasteiger partial charge in [0.05, 0.1) is 5.78 Å². The zero-order chi connectivity index (χ0) is 9.52. The van der Waals surface area contributed by atoms with E-state index >= 15 is 0 Å². The Labute approximate surface area is 95.7 Å². The van der Waals surface area contributed by atoms with E-state index in [2.05, 4.69) is 18.2 Å². The number of hydrogen-bond acceptors (Lipinski definition) is 1. The molecule has 0 N–H and O–H groups in total. The van der Waals surface area contributed by atoms with E-state index in [9.17, 15) is 4.79 Å². The maximum absolute atomic E-state index is 10.5. The number of Topliss-reactive ketones (excluding diaryl/α,β-unsaturated/α-hetero) is 1. The van der Waals surface area contributed by atoms with E-state index in [4.69, 9.17) is 0 Å². The van der Waals surface area contributed by atoms with E-state index in [1.54, 1.807) is 13.0 Å². The Kier molecular flexibility index (Phi) is 7.09. The van der Waals surface area contributed by atoms with Gasteiger partial charge >= 0.3 is 17.1 Å². The van der Waals surface area contributed by atoms with Gasteiger partial charge < -0.3 is 4.79 Å². The van der Waals surface area contributed by atoms with Gasteiger partial charge in [-0.25, -0.2) is 18.2 Å². The normalized spacial score (nSPS) is 15.6. The molecule has 0 radical (unpaired) electrons. The molecule has 0 spiro atoms. The number of hydrogen-bond donors (Lipinski definition) is 0. The topological polar surface area (TPSA) is 17.1 Å². The average Bonchev–Trinajstić information content (AvgIpc) is 2.82. The largest absolute Gasteiger partial charge is 2.00 e. The van der Waals surface area contributed by atoms with Crippen molar-refractivity contribution in [3.63, 3.8) is 0 Å². The van der Waals surface area contributed by atoms with Crippen molar-refractivity contribution in [2.24, 2.45) is 0 Å². The standard InChI is InChI=1S/C7H7O.C5H5.Fe/c1-6(8)7-4-2-3-5-7;1-2-4-5-3-1;/h2,5H,4H2,1H3;1-2,5H,3H2;/q2*-1;+2. The Morgan fingerprint density at radius 2 is 2.14 bits per heavy atom. The van der Waals surface area contributed by atoms with Crippen molar-refractivity contribution in [2.75, 3.05) is 0 Å². The maximum atomic E-state index is 10.5. The molecule has 2 aliphatic rings.